The summed E-state index contributed by atoms with van der Waals surface area (Å²) in [6.45, 7) is 2.34. The van der Waals surface area contributed by atoms with Crippen LogP contribution in [0.25, 0.3) is 0 Å². The second-order valence-electron chi connectivity index (χ2n) is 6.83. The Balaban J connectivity index is 1.80. The molecule has 1 aliphatic heterocycles. The maximum atomic E-state index is 13.2. The van der Waals surface area contributed by atoms with Crippen LogP contribution in [0.5, 0.6) is 0 Å². The molecule has 1 saturated carbocycles. The van der Waals surface area contributed by atoms with Gasteiger partial charge in [-0.1, -0.05) is 48.0 Å². The molecule has 24 heavy (non-hydrogen) atoms. The van der Waals surface area contributed by atoms with E-state index in [9.17, 15) is 13.2 Å². The second kappa shape index (κ2) is 5.26. The highest BCUT2D eigenvalue weighted by molar-refractivity contribution is 7.89. The lowest BCUT2D eigenvalue weighted by Crippen LogP contribution is -2.35. The van der Waals surface area contributed by atoms with Crippen molar-refractivity contribution in [1.82, 2.24) is 4.31 Å². The summed E-state index contributed by atoms with van der Waals surface area (Å²) < 4.78 is 27.9. The molecule has 4 rings (SSSR count). The molecule has 2 fully saturated rings. The molecular formula is C19H19NO3S. The summed E-state index contributed by atoms with van der Waals surface area (Å²) in [5, 5.41) is 0. The Kier molecular flexibility index (Phi) is 3.41. The molecule has 4 nitrogen and oxygen atoms in total. The largest absolute Gasteiger partial charge is 0.303 e. The van der Waals surface area contributed by atoms with Crippen LogP contribution in [0.1, 0.15) is 23.6 Å². The van der Waals surface area contributed by atoms with E-state index in [4.69, 9.17) is 0 Å². The summed E-state index contributed by atoms with van der Waals surface area (Å²) in [5.74, 6) is 0.125. The van der Waals surface area contributed by atoms with Crippen LogP contribution >= 0.6 is 0 Å². The van der Waals surface area contributed by atoms with Crippen molar-refractivity contribution in [3.8, 4) is 0 Å². The van der Waals surface area contributed by atoms with Gasteiger partial charge in [0.15, 0.2) is 0 Å². The predicted octanol–water partition coefficient (Wildman–Crippen LogP) is 2.95. The SMILES string of the molecule is Cc1ccc(S(=O)(=O)N2CC3C[C@@]3(C=O)[C@@H]2c2ccccc2)cc1. The highest BCUT2D eigenvalue weighted by Gasteiger charge is 2.68. The van der Waals surface area contributed by atoms with Crippen molar-refractivity contribution in [3.63, 3.8) is 0 Å². The highest BCUT2D eigenvalue weighted by Crippen LogP contribution is 2.66. The first-order valence-electron chi connectivity index (χ1n) is 8.09. The van der Waals surface area contributed by atoms with E-state index in [1.54, 1.807) is 24.3 Å². The third-order valence-corrected chi connectivity index (χ3v) is 7.20. The fourth-order valence-corrected chi connectivity index (χ4v) is 5.65. The topological polar surface area (TPSA) is 54.5 Å². The second-order valence-corrected chi connectivity index (χ2v) is 8.72. The van der Waals surface area contributed by atoms with Gasteiger partial charge in [0.05, 0.1) is 16.4 Å². The van der Waals surface area contributed by atoms with E-state index in [1.807, 2.05) is 37.3 Å². The fourth-order valence-electron chi connectivity index (χ4n) is 3.93. The number of fused-ring (bicyclic) bond motifs is 1. The standard InChI is InChI=1S/C19H19NO3S/c1-14-7-9-17(10-8-14)24(22,23)20-12-16-11-19(16,13-21)18(20)15-5-3-2-4-6-15/h2-10,13,16,18H,11-12H2,1H3/t16?,18-,19-/m0/s1. The van der Waals surface area contributed by atoms with Crippen LogP contribution in [0.2, 0.25) is 0 Å². The first kappa shape index (κ1) is 15.5. The van der Waals surface area contributed by atoms with Crippen LogP contribution in [0, 0.1) is 18.3 Å². The summed E-state index contributed by atoms with van der Waals surface area (Å²) in [7, 11) is -3.63. The summed E-state index contributed by atoms with van der Waals surface area (Å²) in [4.78, 5) is 12.1. The zero-order valence-electron chi connectivity index (χ0n) is 13.4. The lowest BCUT2D eigenvalue weighted by atomic mass is 9.92. The van der Waals surface area contributed by atoms with E-state index in [0.29, 0.717) is 6.54 Å². The third-order valence-electron chi connectivity index (χ3n) is 5.36. The van der Waals surface area contributed by atoms with Crippen molar-refractivity contribution < 1.29 is 13.2 Å². The summed E-state index contributed by atoms with van der Waals surface area (Å²) >= 11 is 0. The van der Waals surface area contributed by atoms with E-state index in [-0.39, 0.29) is 10.8 Å². The monoisotopic (exact) mass is 341 g/mol. The van der Waals surface area contributed by atoms with Gasteiger partial charge in [0.1, 0.15) is 6.29 Å². The molecule has 2 aliphatic rings. The van der Waals surface area contributed by atoms with Crippen LogP contribution < -0.4 is 0 Å². The fraction of sp³-hybridized carbons (Fsp3) is 0.316. The lowest BCUT2D eigenvalue weighted by Gasteiger charge is -2.29. The molecule has 0 bridgehead atoms. The van der Waals surface area contributed by atoms with Gasteiger partial charge in [-0.3, -0.25) is 0 Å². The number of nitrogens with zero attached hydrogens (tertiary/aromatic N) is 1. The Hall–Kier alpha value is -1.98. The molecule has 2 aromatic carbocycles. The normalized spacial score (nSPS) is 29.2. The van der Waals surface area contributed by atoms with Gasteiger partial charge < -0.3 is 4.79 Å². The van der Waals surface area contributed by atoms with E-state index in [0.717, 1.165) is 23.8 Å². The van der Waals surface area contributed by atoms with Crippen molar-refractivity contribution >= 4 is 16.3 Å². The molecule has 0 aromatic heterocycles. The maximum absolute atomic E-state index is 13.2. The van der Waals surface area contributed by atoms with Gasteiger partial charge in [-0.2, -0.15) is 4.31 Å². The third kappa shape index (κ3) is 2.15. The molecule has 1 heterocycles. The van der Waals surface area contributed by atoms with Crippen LogP contribution in [0.4, 0.5) is 0 Å². The predicted molar refractivity (Wildman–Crippen MR) is 90.9 cm³/mol. The Labute approximate surface area is 142 Å². The van der Waals surface area contributed by atoms with Gasteiger partial charge in [-0.05, 0) is 37.0 Å². The van der Waals surface area contributed by atoms with Crippen LogP contribution in [-0.2, 0) is 14.8 Å². The van der Waals surface area contributed by atoms with Gasteiger partial charge in [0, 0.05) is 6.54 Å². The summed E-state index contributed by atoms with van der Waals surface area (Å²) in [6.07, 6.45) is 1.75. The molecule has 1 unspecified atom stereocenters. The molecule has 3 atom stereocenters. The van der Waals surface area contributed by atoms with Crippen LogP contribution in [0.15, 0.2) is 59.5 Å². The van der Waals surface area contributed by atoms with E-state index >= 15 is 0 Å². The van der Waals surface area contributed by atoms with E-state index < -0.39 is 21.5 Å². The number of aryl methyl sites for hydroxylation is 1. The zero-order chi connectivity index (χ0) is 16.9. The van der Waals surface area contributed by atoms with Crippen molar-refractivity contribution in [2.45, 2.75) is 24.3 Å². The molecule has 0 N–H and O–H groups in total. The molecular weight excluding hydrogens is 322 g/mol. The lowest BCUT2D eigenvalue weighted by molar-refractivity contribution is -0.113. The minimum atomic E-state index is -3.63. The van der Waals surface area contributed by atoms with Gasteiger partial charge in [-0.15, -0.1) is 0 Å². The van der Waals surface area contributed by atoms with Crippen molar-refractivity contribution in [3.05, 3.63) is 65.7 Å². The van der Waals surface area contributed by atoms with Gasteiger partial charge in [-0.25, -0.2) is 8.42 Å². The molecule has 1 saturated heterocycles. The van der Waals surface area contributed by atoms with Crippen LogP contribution in [0.3, 0.4) is 0 Å². The molecule has 0 spiro atoms. The summed E-state index contributed by atoms with van der Waals surface area (Å²) in [5.41, 5.74) is 1.35. The number of hydrogen-bond donors (Lipinski definition) is 0. The van der Waals surface area contributed by atoms with Gasteiger partial charge in [0.25, 0.3) is 0 Å². The molecule has 5 heteroatoms. The minimum Gasteiger partial charge on any atom is -0.303 e. The number of piperidine rings is 1. The quantitative estimate of drug-likeness (QED) is 0.804. The van der Waals surface area contributed by atoms with Crippen molar-refractivity contribution in [1.29, 1.82) is 0 Å². The van der Waals surface area contributed by atoms with Crippen molar-refractivity contribution in [2.24, 2.45) is 11.3 Å². The maximum Gasteiger partial charge on any atom is 0.243 e. The Morgan fingerprint density at radius 1 is 1.08 bits per heavy atom. The molecule has 0 radical (unpaired) electrons. The molecule has 124 valence electrons. The van der Waals surface area contributed by atoms with Crippen molar-refractivity contribution in [2.75, 3.05) is 6.54 Å². The smallest absolute Gasteiger partial charge is 0.243 e. The van der Waals surface area contributed by atoms with Gasteiger partial charge >= 0.3 is 0 Å². The zero-order valence-corrected chi connectivity index (χ0v) is 14.2. The first-order valence-corrected chi connectivity index (χ1v) is 9.53. The number of hydrogen-bond acceptors (Lipinski definition) is 3. The Morgan fingerprint density at radius 2 is 1.75 bits per heavy atom. The number of aldehydes is 1. The van der Waals surface area contributed by atoms with Crippen LogP contribution in [-0.4, -0.2) is 25.6 Å². The first-order chi connectivity index (χ1) is 11.5. The molecule has 0 amide bonds. The minimum absolute atomic E-state index is 0.125. The average Bonchev–Trinajstić information content (AvgIpc) is 3.21. The molecule has 2 aromatic rings. The number of carbonyl (C=O) groups excluding carboxylic acids is 1. The van der Waals surface area contributed by atoms with Gasteiger partial charge in [0.2, 0.25) is 10.0 Å². The molecule has 1 aliphatic carbocycles. The number of rotatable bonds is 4. The number of sulfonamides is 1. The Bertz CT molecular complexity index is 877. The summed E-state index contributed by atoms with van der Waals surface area (Å²) in [6, 6.07) is 16.0. The highest BCUT2D eigenvalue weighted by atomic mass is 32.2. The number of benzene rings is 2. The van der Waals surface area contributed by atoms with E-state index in [1.165, 1.54) is 4.31 Å². The average molecular weight is 341 g/mol. The Morgan fingerprint density at radius 3 is 2.38 bits per heavy atom. The number of carbonyl (C=O) groups is 1. The van der Waals surface area contributed by atoms with E-state index in [2.05, 4.69) is 0 Å².